The van der Waals surface area contributed by atoms with Crippen molar-refractivity contribution in [2.24, 2.45) is 0 Å². The van der Waals surface area contributed by atoms with Crippen LogP contribution in [0.3, 0.4) is 0 Å². The Hall–Kier alpha value is -1.06. The third-order valence-electron chi connectivity index (χ3n) is 2.41. The molecule has 0 aromatic carbocycles. The van der Waals surface area contributed by atoms with Crippen molar-refractivity contribution in [2.45, 2.75) is 51.7 Å². The molecule has 0 bridgehead atoms. The van der Waals surface area contributed by atoms with Gasteiger partial charge in [0, 0.05) is 19.9 Å². The van der Waals surface area contributed by atoms with E-state index in [1.807, 2.05) is 0 Å². The maximum absolute atomic E-state index is 10.8. The average Bonchev–Trinajstić information content (AvgIpc) is 2.06. The summed E-state index contributed by atoms with van der Waals surface area (Å²) in [7, 11) is 0. The van der Waals surface area contributed by atoms with Crippen molar-refractivity contribution in [3.8, 4) is 0 Å². The molecule has 1 saturated carbocycles. The zero-order chi connectivity index (χ0) is 10.6. The van der Waals surface area contributed by atoms with Crippen LogP contribution in [0.25, 0.3) is 0 Å². The molecule has 0 atom stereocenters. The van der Waals surface area contributed by atoms with Gasteiger partial charge in [-0.05, 0) is 25.7 Å². The molecule has 0 radical (unpaired) electrons. The summed E-state index contributed by atoms with van der Waals surface area (Å²) in [6.07, 6.45) is 3.56. The second-order valence-corrected chi connectivity index (χ2v) is 3.78. The molecule has 4 nitrogen and oxygen atoms in total. The molecular formula is C10H17NO3. The predicted molar refractivity (Wildman–Crippen MR) is 51.6 cm³/mol. The number of nitrogens with one attached hydrogen (secondary N) is 1. The minimum absolute atomic E-state index is 0.0148. The van der Waals surface area contributed by atoms with E-state index in [-0.39, 0.29) is 24.0 Å². The molecule has 1 amide bonds. The maximum Gasteiger partial charge on any atom is 0.302 e. The smallest absolute Gasteiger partial charge is 0.302 e. The summed E-state index contributed by atoms with van der Waals surface area (Å²) in [5, 5.41) is 2.88. The molecule has 4 heteroatoms. The van der Waals surface area contributed by atoms with Gasteiger partial charge >= 0.3 is 5.97 Å². The van der Waals surface area contributed by atoms with Crippen LogP contribution in [0.2, 0.25) is 0 Å². The fourth-order valence-corrected chi connectivity index (χ4v) is 1.85. The number of hydrogen-bond acceptors (Lipinski definition) is 3. The number of carbonyl (C=O) groups is 2. The molecule has 0 saturated heterocycles. The third kappa shape index (κ3) is 3.77. The van der Waals surface area contributed by atoms with Crippen LogP contribution in [0, 0.1) is 0 Å². The van der Waals surface area contributed by atoms with Crippen molar-refractivity contribution in [1.82, 2.24) is 5.32 Å². The van der Waals surface area contributed by atoms with Crippen LogP contribution in [-0.2, 0) is 14.3 Å². The van der Waals surface area contributed by atoms with E-state index in [9.17, 15) is 9.59 Å². The lowest BCUT2D eigenvalue weighted by atomic mass is 9.93. The van der Waals surface area contributed by atoms with Gasteiger partial charge in [0.2, 0.25) is 5.91 Å². The van der Waals surface area contributed by atoms with Gasteiger partial charge in [0.15, 0.2) is 0 Å². The van der Waals surface area contributed by atoms with E-state index in [1.54, 1.807) is 0 Å². The van der Waals surface area contributed by atoms with Crippen molar-refractivity contribution in [3.05, 3.63) is 0 Å². The molecular weight excluding hydrogens is 182 g/mol. The van der Waals surface area contributed by atoms with Gasteiger partial charge in [0.1, 0.15) is 6.10 Å². The van der Waals surface area contributed by atoms with E-state index in [0.717, 1.165) is 25.7 Å². The molecule has 0 aromatic heterocycles. The zero-order valence-corrected chi connectivity index (χ0v) is 8.71. The number of esters is 1. The molecule has 1 rings (SSSR count). The molecule has 80 valence electrons. The normalized spacial score (nSPS) is 26.7. The Morgan fingerprint density at radius 2 is 1.71 bits per heavy atom. The Morgan fingerprint density at radius 1 is 1.14 bits per heavy atom. The number of amides is 1. The zero-order valence-electron chi connectivity index (χ0n) is 8.71. The highest BCUT2D eigenvalue weighted by Gasteiger charge is 2.23. The molecule has 0 spiro atoms. The Balaban J connectivity index is 2.24. The second-order valence-electron chi connectivity index (χ2n) is 3.78. The van der Waals surface area contributed by atoms with Crippen molar-refractivity contribution in [2.75, 3.05) is 0 Å². The van der Waals surface area contributed by atoms with Crippen LogP contribution in [0.5, 0.6) is 0 Å². The third-order valence-corrected chi connectivity index (χ3v) is 2.41. The first kappa shape index (κ1) is 11.0. The molecule has 0 heterocycles. The first-order chi connectivity index (χ1) is 6.58. The van der Waals surface area contributed by atoms with E-state index in [2.05, 4.69) is 5.32 Å². The summed E-state index contributed by atoms with van der Waals surface area (Å²) in [5.74, 6) is -0.200. The highest BCUT2D eigenvalue weighted by Crippen LogP contribution is 2.21. The highest BCUT2D eigenvalue weighted by atomic mass is 16.5. The number of ether oxygens (including phenoxy) is 1. The number of hydrogen-bond donors (Lipinski definition) is 1. The Morgan fingerprint density at radius 3 is 2.14 bits per heavy atom. The molecule has 1 N–H and O–H groups in total. The maximum atomic E-state index is 10.8. The second kappa shape index (κ2) is 4.98. The quantitative estimate of drug-likeness (QED) is 0.675. The van der Waals surface area contributed by atoms with Gasteiger partial charge in [-0.15, -0.1) is 0 Å². The fourth-order valence-electron chi connectivity index (χ4n) is 1.85. The van der Waals surface area contributed by atoms with E-state index in [4.69, 9.17) is 4.74 Å². The van der Waals surface area contributed by atoms with Gasteiger partial charge < -0.3 is 10.1 Å². The van der Waals surface area contributed by atoms with Crippen molar-refractivity contribution >= 4 is 11.9 Å². The summed E-state index contributed by atoms with van der Waals surface area (Å²) in [4.78, 5) is 21.5. The molecule has 1 aliphatic rings. The average molecular weight is 199 g/mol. The summed E-state index contributed by atoms with van der Waals surface area (Å²) in [6, 6.07) is 0.263. The highest BCUT2D eigenvalue weighted by molar-refractivity contribution is 5.73. The van der Waals surface area contributed by atoms with Crippen molar-refractivity contribution in [3.63, 3.8) is 0 Å². The van der Waals surface area contributed by atoms with Crippen LogP contribution < -0.4 is 5.32 Å². The van der Waals surface area contributed by atoms with Gasteiger partial charge in [0.25, 0.3) is 0 Å². The lowest BCUT2D eigenvalue weighted by molar-refractivity contribution is -0.148. The molecule has 1 aliphatic carbocycles. The molecule has 0 unspecified atom stereocenters. The van der Waals surface area contributed by atoms with Crippen molar-refractivity contribution in [1.29, 1.82) is 0 Å². The molecule has 14 heavy (non-hydrogen) atoms. The van der Waals surface area contributed by atoms with Crippen LogP contribution in [-0.4, -0.2) is 24.0 Å². The first-order valence-electron chi connectivity index (χ1n) is 5.02. The van der Waals surface area contributed by atoms with Crippen LogP contribution in [0.4, 0.5) is 0 Å². The number of carbonyl (C=O) groups excluding carboxylic acids is 2. The fraction of sp³-hybridized carbons (Fsp3) is 0.800. The van der Waals surface area contributed by atoms with Gasteiger partial charge in [0.05, 0.1) is 0 Å². The van der Waals surface area contributed by atoms with Crippen LogP contribution in [0.15, 0.2) is 0 Å². The van der Waals surface area contributed by atoms with Crippen molar-refractivity contribution < 1.29 is 14.3 Å². The van der Waals surface area contributed by atoms with E-state index < -0.39 is 0 Å². The number of rotatable bonds is 2. The topological polar surface area (TPSA) is 55.4 Å². The minimum atomic E-state index is -0.215. The summed E-state index contributed by atoms with van der Waals surface area (Å²) in [6.45, 7) is 2.96. The SMILES string of the molecule is CC(=O)N[C@H]1CC[C@H](OC(C)=O)CC1. The van der Waals surface area contributed by atoms with Gasteiger partial charge in [-0.25, -0.2) is 0 Å². The van der Waals surface area contributed by atoms with Gasteiger partial charge in [-0.1, -0.05) is 0 Å². The molecule has 0 aliphatic heterocycles. The summed E-state index contributed by atoms with van der Waals surface area (Å²) >= 11 is 0. The predicted octanol–water partition coefficient (Wildman–Crippen LogP) is 0.997. The molecule has 0 aromatic rings. The standard InChI is InChI=1S/C10H17NO3/c1-7(12)11-9-3-5-10(6-4-9)14-8(2)13/h9-10H,3-6H2,1-2H3,(H,11,12)/t9-,10-. The largest absolute Gasteiger partial charge is 0.463 e. The molecule has 1 fully saturated rings. The summed E-state index contributed by atoms with van der Waals surface area (Å²) < 4.78 is 5.09. The minimum Gasteiger partial charge on any atom is -0.463 e. The van der Waals surface area contributed by atoms with Crippen LogP contribution >= 0.6 is 0 Å². The Kier molecular flexibility index (Phi) is 3.92. The lowest BCUT2D eigenvalue weighted by Gasteiger charge is -2.28. The van der Waals surface area contributed by atoms with Gasteiger partial charge in [-0.2, -0.15) is 0 Å². The first-order valence-corrected chi connectivity index (χ1v) is 5.02. The Bertz CT molecular complexity index is 195. The van der Waals surface area contributed by atoms with Gasteiger partial charge in [-0.3, -0.25) is 9.59 Å². The van der Waals surface area contributed by atoms with Crippen LogP contribution in [0.1, 0.15) is 39.5 Å². The van der Waals surface area contributed by atoms with E-state index >= 15 is 0 Å². The lowest BCUT2D eigenvalue weighted by Crippen LogP contribution is -2.38. The monoisotopic (exact) mass is 199 g/mol. The van der Waals surface area contributed by atoms with E-state index in [1.165, 1.54) is 13.8 Å². The Labute approximate surface area is 84.0 Å². The van der Waals surface area contributed by atoms with E-state index in [0.29, 0.717) is 0 Å². The summed E-state index contributed by atoms with van der Waals surface area (Å²) in [5.41, 5.74) is 0.